The SMILES string of the molecule is Cc1ncccc1NC(=O)NC(C)(C)CCC(=O)O. The van der Waals surface area contributed by atoms with Crippen LogP contribution in [0.5, 0.6) is 0 Å². The lowest BCUT2D eigenvalue weighted by molar-refractivity contribution is -0.137. The minimum atomic E-state index is -0.876. The van der Waals surface area contributed by atoms with Crippen LogP contribution >= 0.6 is 0 Å². The molecule has 6 heteroatoms. The predicted octanol–water partition coefficient (Wildman–Crippen LogP) is 2.15. The molecule has 0 unspecified atom stereocenters. The lowest BCUT2D eigenvalue weighted by Crippen LogP contribution is -2.45. The minimum Gasteiger partial charge on any atom is -0.481 e. The second kappa shape index (κ2) is 6.17. The zero-order chi connectivity index (χ0) is 14.5. The normalized spacial score (nSPS) is 10.9. The number of carbonyl (C=O) groups excluding carboxylic acids is 1. The first-order valence-corrected chi connectivity index (χ1v) is 6.03. The number of anilines is 1. The first kappa shape index (κ1) is 14.9. The molecule has 104 valence electrons. The van der Waals surface area contributed by atoms with Crippen molar-refractivity contribution in [2.45, 2.75) is 39.2 Å². The minimum absolute atomic E-state index is 0.0131. The van der Waals surface area contributed by atoms with Gasteiger partial charge in [0.25, 0.3) is 0 Å². The van der Waals surface area contributed by atoms with E-state index in [0.29, 0.717) is 12.1 Å². The van der Waals surface area contributed by atoms with Gasteiger partial charge in [-0.2, -0.15) is 0 Å². The fourth-order valence-electron chi connectivity index (χ4n) is 1.56. The smallest absolute Gasteiger partial charge is 0.319 e. The molecule has 19 heavy (non-hydrogen) atoms. The Balaban J connectivity index is 2.55. The van der Waals surface area contributed by atoms with E-state index in [1.54, 1.807) is 39.1 Å². The Bertz CT molecular complexity index is 472. The van der Waals surface area contributed by atoms with Gasteiger partial charge in [-0.3, -0.25) is 9.78 Å². The van der Waals surface area contributed by atoms with Crippen LogP contribution in [0, 0.1) is 6.92 Å². The number of carboxylic acids is 1. The van der Waals surface area contributed by atoms with Gasteiger partial charge in [-0.15, -0.1) is 0 Å². The van der Waals surface area contributed by atoms with Gasteiger partial charge in [-0.1, -0.05) is 0 Å². The molecule has 3 N–H and O–H groups in total. The van der Waals surface area contributed by atoms with E-state index in [1.807, 2.05) is 0 Å². The number of aromatic nitrogens is 1. The maximum absolute atomic E-state index is 11.8. The maximum atomic E-state index is 11.8. The molecular weight excluding hydrogens is 246 g/mol. The number of pyridine rings is 1. The van der Waals surface area contributed by atoms with Crippen LogP contribution < -0.4 is 10.6 Å². The number of carbonyl (C=O) groups is 2. The van der Waals surface area contributed by atoms with Crippen molar-refractivity contribution in [3.8, 4) is 0 Å². The second-order valence-electron chi connectivity index (χ2n) is 4.99. The molecule has 6 nitrogen and oxygen atoms in total. The highest BCUT2D eigenvalue weighted by Gasteiger charge is 2.21. The zero-order valence-electron chi connectivity index (χ0n) is 11.4. The van der Waals surface area contributed by atoms with E-state index in [-0.39, 0.29) is 12.5 Å². The van der Waals surface area contributed by atoms with Gasteiger partial charge in [0.2, 0.25) is 0 Å². The fourth-order valence-corrected chi connectivity index (χ4v) is 1.56. The third-order valence-electron chi connectivity index (χ3n) is 2.67. The van der Waals surface area contributed by atoms with Crippen LogP contribution in [0.2, 0.25) is 0 Å². The molecule has 0 aliphatic heterocycles. The van der Waals surface area contributed by atoms with E-state index < -0.39 is 11.5 Å². The van der Waals surface area contributed by atoms with Crippen LogP contribution in [0.3, 0.4) is 0 Å². The van der Waals surface area contributed by atoms with Crippen molar-refractivity contribution in [3.63, 3.8) is 0 Å². The number of aliphatic carboxylic acids is 1. The molecule has 2 amide bonds. The molecule has 0 spiro atoms. The number of rotatable bonds is 5. The summed E-state index contributed by atoms with van der Waals surface area (Å²) in [5, 5.41) is 14.1. The summed E-state index contributed by atoms with van der Waals surface area (Å²) in [6.07, 6.45) is 2.02. The summed E-state index contributed by atoms with van der Waals surface area (Å²) in [6.45, 7) is 5.36. The first-order chi connectivity index (χ1) is 8.80. The van der Waals surface area contributed by atoms with Crippen molar-refractivity contribution in [3.05, 3.63) is 24.0 Å². The summed E-state index contributed by atoms with van der Waals surface area (Å²) in [5.74, 6) is -0.876. The number of nitrogens with zero attached hydrogens (tertiary/aromatic N) is 1. The number of hydrogen-bond donors (Lipinski definition) is 3. The van der Waals surface area contributed by atoms with Crippen molar-refractivity contribution in [1.82, 2.24) is 10.3 Å². The lowest BCUT2D eigenvalue weighted by atomic mass is 9.99. The van der Waals surface area contributed by atoms with Gasteiger partial charge in [-0.05, 0) is 39.3 Å². The molecule has 1 heterocycles. The zero-order valence-corrected chi connectivity index (χ0v) is 11.4. The Morgan fingerprint density at radius 3 is 2.68 bits per heavy atom. The van der Waals surface area contributed by atoms with Gasteiger partial charge in [0.1, 0.15) is 0 Å². The van der Waals surface area contributed by atoms with Crippen LogP contribution in [0.25, 0.3) is 0 Å². The summed E-state index contributed by atoms with van der Waals surface area (Å²) in [7, 11) is 0. The number of urea groups is 1. The number of amides is 2. The second-order valence-corrected chi connectivity index (χ2v) is 4.99. The van der Waals surface area contributed by atoms with Gasteiger partial charge in [0.15, 0.2) is 0 Å². The Hall–Kier alpha value is -2.11. The van der Waals surface area contributed by atoms with Gasteiger partial charge < -0.3 is 15.7 Å². The topological polar surface area (TPSA) is 91.3 Å². The summed E-state index contributed by atoms with van der Waals surface area (Å²) in [5.41, 5.74) is 0.772. The quantitative estimate of drug-likeness (QED) is 0.760. The van der Waals surface area contributed by atoms with Crippen molar-refractivity contribution >= 4 is 17.7 Å². The van der Waals surface area contributed by atoms with Crippen molar-refractivity contribution in [2.75, 3.05) is 5.32 Å². The van der Waals surface area contributed by atoms with E-state index >= 15 is 0 Å². The molecule has 0 saturated heterocycles. The summed E-state index contributed by atoms with van der Waals surface area (Å²) in [6, 6.07) is 3.12. The van der Waals surface area contributed by atoms with Crippen LogP contribution in [0.4, 0.5) is 10.5 Å². The van der Waals surface area contributed by atoms with E-state index in [2.05, 4.69) is 15.6 Å². The standard InChI is InChI=1S/C13H19N3O3/c1-9-10(5-4-8-14-9)15-12(19)16-13(2,3)7-6-11(17)18/h4-5,8H,6-7H2,1-3H3,(H,17,18)(H2,15,16,19). The number of carboxylic acid groups (broad SMARTS) is 1. The summed E-state index contributed by atoms with van der Waals surface area (Å²) >= 11 is 0. The molecular formula is C13H19N3O3. The Morgan fingerprint density at radius 2 is 2.11 bits per heavy atom. The Labute approximate surface area is 112 Å². The van der Waals surface area contributed by atoms with Gasteiger partial charge in [0.05, 0.1) is 11.4 Å². The van der Waals surface area contributed by atoms with E-state index in [9.17, 15) is 9.59 Å². The molecule has 0 fully saturated rings. The van der Waals surface area contributed by atoms with Gasteiger partial charge in [-0.25, -0.2) is 4.79 Å². The molecule has 0 radical (unpaired) electrons. The Morgan fingerprint density at radius 1 is 1.42 bits per heavy atom. The highest BCUT2D eigenvalue weighted by Crippen LogP contribution is 2.13. The molecule has 1 aromatic rings. The lowest BCUT2D eigenvalue weighted by Gasteiger charge is -2.25. The third kappa shape index (κ3) is 5.37. The first-order valence-electron chi connectivity index (χ1n) is 6.03. The highest BCUT2D eigenvalue weighted by atomic mass is 16.4. The number of hydrogen-bond acceptors (Lipinski definition) is 3. The Kier molecular flexibility index (Phi) is 4.86. The molecule has 0 saturated carbocycles. The molecule has 1 rings (SSSR count). The number of aryl methyl sites for hydroxylation is 1. The molecule has 0 aromatic carbocycles. The molecule has 0 aliphatic carbocycles. The van der Waals surface area contributed by atoms with Crippen molar-refractivity contribution < 1.29 is 14.7 Å². The number of nitrogens with one attached hydrogen (secondary N) is 2. The fraction of sp³-hybridized carbons (Fsp3) is 0.462. The monoisotopic (exact) mass is 265 g/mol. The highest BCUT2D eigenvalue weighted by molar-refractivity contribution is 5.90. The molecule has 1 aromatic heterocycles. The predicted molar refractivity (Wildman–Crippen MR) is 72.1 cm³/mol. The largest absolute Gasteiger partial charge is 0.481 e. The van der Waals surface area contributed by atoms with Gasteiger partial charge in [0, 0.05) is 18.2 Å². The van der Waals surface area contributed by atoms with Crippen LogP contribution in [0.1, 0.15) is 32.4 Å². The van der Waals surface area contributed by atoms with Crippen molar-refractivity contribution in [1.29, 1.82) is 0 Å². The average molecular weight is 265 g/mol. The van der Waals surface area contributed by atoms with Crippen LogP contribution in [-0.2, 0) is 4.79 Å². The third-order valence-corrected chi connectivity index (χ3v) is 2.67. The van der Waals surface area contributed by atoms with E-state index in [4.69, 9.17) is 5.11 Å². The molecule has 0 bridgehead atoms. The molecule has 0 aliphatic rings. The summed E-state index contributed by atoms with van der Waals surface area (Å²) in [4.78, 5) is 26.4. The van der Waals surface area contributed by atoms with Crippen LogP contribution in [0.15, 0.2) is 18.3 Å². The maximum Gasteiger partial charge on any atom is 0.319 e. The van der Waals surface area contributed by atoms with Crippen LogP contribution in [-0.4, -0.2) is 27.6 Å². The summed E-state index contributed by atoms with van der Waals surface area (Å²) < 4.78 is 0. The van der Waals surface area contributed by atoms with E-state index in [1.165, 1.54) is 0 Å². The van der Waals surface area contributed by atoms with Gasteiger partial charge >= 0.3 is 12.0 Å². The average Bonchev–Trinajstić information content (AvgIpc) is 2.29. The van der Waals surface area contributed by atoms with Crippen molar-refractivity contribution in [2.24, 2.45) is 0 Å². The molecule has 0 atom stereocenters. The van der Waals surface area contributed by atoms with E-state index in [0.717, 1.165) is 5.69 Å².